The Bertz CT molecular complexity index is 782. The van der Waals surface area contributed by atoms with E-state index in [-0.39, 0.29) is 18.6 Å². The third kappa shape index (κ3) is 9.50. The van der Waals surface area contributed by atoms with Gasteiger partial charge >= 0.3 is 0 Å². The molecule has 31 heavy (non-hydrogen) atoms. The van der Waals surface area contributed by atoms with Crippen molar-refractivity contribution in [3.05, 3.63) is 71.8 Å². The molecular formula is C21H22B5ClO4. The molecule has 0 saturated carbocycles. The molecule has 2 N–H and O–H groups in total. The summed E-state index contributed by atoms with van der Waals surface area (Å²) in [5, 5.41) is 17.5. The minimum absolute atomic E-state index is 0.159. The van der Waals surface area contributed by atoms with Crippen LogP contribution < -0.4 is 0 Å². The summed E-state index contributed by atoms with van der Waals surface area (Å²) in [5.41, 5.74) is -0.834. The Morgan fingerprint density at radius 2 is 1.42 bits per heavy atom. The molecule has 3 unspecified atom stereocenters. The molecule has 0 aromatic heterocycles. The number of alkyl halides is 1. The Morgan fingerprint density at radius 1 is 0.903 bits per heavy atom. The smallest absolute Gasteiger partial charge is 0.161 e. The molecule has 0 amide bonds. The molecule has 10 heteroatoms. The van der Waals surface area contributed by atoms with Gasteiger partial charge in [0.15, 0.2) is 7.85 Å². The van der Waals surface area contributed by atoms with Crippen LogP contribution in [0.3, 0.4) is 0 Å². The minimum atomic E-state index is -1.83. The lowest BCUT2D eigenvalue weighted by Gasteiger charge is -2.26. The van der Waals surface area contributed by atoms with E-state index in [1.165, 1.54) is 0 Å². The van der Waals surface area contributed by atoms with E-state index in [2.05, 4.69) is 0 Å². The van der Waals surface area contributed by atoms with Gasteiger partial charge in [0.05, 0.1) is 28.4 Å². The van der Waals surface area contributed by atoms with E-state index in [1.54, 1.807) is 48.5 Å². The molecule has 4 nitrogen and oxygen atoms in total. The summed E-state index contributed by atoms with van der Waals surface area (Å²) >= 11 is 5.80. The van der Waals surface area contributed by atoms with E-state index in [0.717, 1.165) is 0 Å². The number of halogens is 1. The molecule has 2 aromatic rings. The average molecular weight is 428 g/mol. The Morgan fingerprint density at radius 3 is 1.87 bits per heavy atom. The van der Waals surface area contributed by atoms with Crippen molar-refractivity contribution in [1.29, 1.82) is 0 Å². The molecular weight excluding hydrogens is 406 g/mol. The summed E-state index contributed by atoms with van der Waals surface area (Å²) in [6, 6.07) is 17.5. The summed E-state index contributed by atoms with van der Waals surface area (Å²) in [7, 11) is 27.3. The first kappa shape index (κ1) is 26.1. The van der Waals surface area contributed by atoms with Crippen LogP contribution in [-0.2, 0) is 20.6 Å². The van der Waals surface area contributed by atoms with Gasteiger partial charge < -0.3 is 19.7 Å². The Hall–Kier alpha value is -1.11. The number of rotatable bonds is 7. The van der Waals surface area contributed by atoms with E-state index in [1.807, 2.05) is 12.1 Å². The highest BCUT2D eigenvalue weighted by molar-refractivity contribution is 6.62. The lowest BCUT2D eigenvalue weighted by molar-refractivity contribution is -0.163. The Balaban J connectivity index is 0.000000285. The van der Waals surface area contributed by atoms with Gasteiger partial charge in [-0.2, -0.15) is 0 Å². The number of aliphatic hydroxyl groups is 2. The molecule has 1 heterocycles. The van der Waals surface area contributed by atoms with Gasteiger partial charge in [-0.25, -0.2) is 0 Å². The van der Waals surface area contributed by atoms with Crippen LogP contribution in [0.15, 0.2) is 60.7 Å². The van der Waals surface area contributed by atoms with Gasteiger partial charge in [0.25, 0.3) is 0 Å². The predicted octanol–water partition coefficient (Wildman–Crippen LogP) is 1.13. The molecule has 2 aromatic carbocycles. The summed E-state index contributed by atoms with van der Waals surface area (Å²) in [4.78, 5) is 0. The summed E-state index contributed by atoms with van der Waals surface area (Å²) in [5.74, 6) is 0.175. The number of hydrogen-bond donors (Lipinski definition) is 2. The molecule has 1 fully saturated rings. The van der Waals surface area contributed by atoms with Crippen LogP contribution in [0.1, 0.15) is 24.0 Å². The van der Waals surface area contributed by atoms with Crippen LogP contribution in [0, 0.1) is 5.92 Å². The zero-order chi connectivity index (χ0) is 23.1. The van der Waals surface area contributed by atoms with Crippen molar-refractivity contribution in [3.63, 3.8) is 0 Å². The third-order valence-corrected chi connectivity index (χ3v) is 4.83. The van der Waals surface area contributed by atoms with Crippen molar-refractivity contribution in [1.82, 2.24) is 0 Å². The van der Waals surface area contributed by atoms with E-state index in [9.17, 15) is 5.11 Å². The van der Waals surface area contributed by atoms with Crippen LogP contribution in [-0.4, -0.2) is 73.4 Å². The maximum absolute atomic E-state index is 10.1. The zero-order valence-corrected chi connectivity index (χ0v) is 18.0. The summed E-state index contributed by atoms with van der Waals surface area (Å²) in [6.07, 6.45) is 1.01. The van der Waals surface area contributed by atoms with E-state index >= 15 is 0 Å². The van der Waals surface area contributed by atoms with E-state index < -0.39 is 15.8 Å². The van der Waals surface area contributed by atoms with Crippen molar-refractivity contribution in [2.24, 2.45) is 5.92 Å². The lowest BCUT2D eigenvalue weighted by Crippen LogP contribution is -2.33. The molecule has 0 aliphatic carbocycles. The highest BCUT2D eigenvalue weighted by Gasteiger charge is 2.31. The quantitative estimate of drug-likeness (QED) is 0.395. The SMILES string of the molecule is [B]C([B])(Cl)CC1COC(COC([B])(O)c2ccccc2)C1.[B]C([B])(O)c1ccccc1. The zero-order valence-electron chi connectivity index (χ0n) is 17.2. The van der Waals surface area contributed by atoms with Gasteiger partial charge in [-0.15, -0.1) is 11.6 Å². The van der Waals surface area contributed by atoms with Crippen LogP contribution in [0.4, 0.5) is 0 Å². The van der Waals surface area contributed by atoms with Crippen molar-refractivity contribution >= 4 is 50.8 Å². The molecule has 1 saturated heterocycles. The maximum Gasteiger partial charge on any atom is 0.161 e. The lowest BCUT2D eigenvalue weighted by atomic mass is 9.61. The summed E-state index contributed by atoms with van der Waals surface area (Å²) in [6.45, 7) is 0.702. The Kier molecular flexibility index (Phi) is 9.41. The van der Waals surface area contributed by atoms with Gasteiger partial charge in [-0.05, 0) is 34.6 Å². The van der Waals surface area contributed by atoms with Crippen molar-refractivity contribution < 1.29 is 19.7 Å². The van der Waals surface area contributed by atoms with Gasteiger partial charge in [-0.1, -0.05) is 60.7 Å². The highest BCUT2D eigenvalue weighted by Crippen LogP contribution is 2.29. The fraction of sp³-hybridized carbons (Fsp3) is 0.429. The normalized spacial score (nSPS) is 21.0. The fourth-order valence-electron chi connectivity index (χ4n) is 3.17. The minimum Gasteiger partial charge on any atom is -0.405 e. The Labute approximate surface area is 196 Å². The molecule has 0 bridgehead atoms. The second-order valence-corrected chi connectivity index (χ2v) is 8.46. The third-order valence-electron chi connectivity index (χ3n) is 4.68. The van der Waals surface area contributed by atoms with Gasteiger partial charge in [0, 0.05) is 12.0 Å². The van der Waals surface area contributed by atoms with Crippen LogP contribution in [0.2, 0.25) is 0 Å². The largest absolute Gasteiger partial charge is 0.405 e. The topological polar surface area (TPSA) is 58.9 Å². The van der Waals surface area contributed by atoms with Gasteiger partial charge in [0.2, 0.25) is 0 Å². The highest BCUT2D eigenvalue weighted by atomic mass is 35.5. The van der Waals surface area contributed by atoms with Crippen LogP contribution >= 0.6 is 11.6 Å². The second-order valence-electron chi connectivity index (χ2n) is 7.75. The predicted molar refractivity (Wildman–Crippen MR) is 126 cm³/mol. The molecule has 152 valence electrons. The van der Waals surface area contributed by atoms with Crippen LogP contribution in [0.5, 0.6) is 0 Å². The molecule has 3 rings (SSSR count). The molecule has 1 aliphatic rings. The van der Waals surface area contributed by atoms with Crippen LogP contribution in [0.25, 0.3) is 0 Å². The van der Waals surface area contributed by atoms with Crippen molar-refractivity contribution in [2.45, 2.75) is 34.7 Å². The molecule has 10 radical (unpaired) electrons. The first-order valence-corrected chi connectivity index (χ1v) is 10.2. The molecule has 3 atom stereocenters. The standard InChI is InChI=1S/C14H16B3ClO3.C7H6B2O/c15-13(16,18)7-10-6-12(20-8-10)9-21-14(17,19)11-4-2-1-3-5-11;8-7(9,10)6-4-2-1-3-5-6/h1-5,10,12,19H,6-9H2;1-5,10H. The van der Waals surface area contributed by atoms with Gasteiger partial charge in [-0.3, -0.25) is 0 Å². The maximum atomic E-state index is 10.1. The average Bonchev–Trinajstić information content (AvgIpc) is 3.13. The number of ether oxygens (including phenoxy) is 2. The second kappa shape index (κ2) is 11.2. The number of benzene rings is 2. The van der Waals surface area contributed by atoms with E-state index in [4.69, 9.17) is 65.4 Å². The first-order valence-electron chi connectivity index (χ1n) is 9.81. The molecule has 1 aliphatic heterocycles. The van der Waals surface area contributed by atoms with Crippen molar-refractivity contribution in [3.8, 4) is 0 Å². The molecule has 0 spiro atoms. The van der Waals surface area contributed by atoms with Gasteiger partial charge in [0.1, 0.15) is 21.4 Å². The van der Waals surface area contributed by atoms with Crippen molar-refractivity contribution in [2.75, 3.05) is 13.2 Å². The summed E-state index contributed by atoms with van der Waals surface area (Å²) < 4.78 is 9.75. The van der Waals surface area contributed by atoms with E-state index in [0.29, 0.717) is 30.6 Å². The fourth-order valence-corrected chi connectivity index (χ4v) is 3.38. The number of hydrogen-bond acceptors (Lipinski definition) is 4. The first-order chi connectivity index (χ1) is 14.4. The monoisotopic (exact) mass is 428 g/mol.